The number of aliphatic carboxylic acids is 1. The average Bonchev–Trinajstić information content (AvgIpc) is 2.91. The zero-order valence-electron chi connectivity index (χ0n) is 10.6. The number of halogens is 1. The summed E-state index contributed by atoms with van der Waals surface area (Å²) in [6.07, 6.45) is 0. The lowest BCUT2D eigenvalue weighted by Gasteiger charge is -2.14. The number of benzene rings is 1. The molecule has 20 heavy (non-hydrogen) atoms. The van der Waals surface area contributed by atoms with Crippen molar-refractivity contribution in [2.75, 3.05) is 0 Å². The molecule has 2 N–H and O–H groups in total. The van der Waals surface area contributed by atoms with Crippen molar-refractivity contribution in [2.24, 2.45) is 0 Å². The summed E-state index contributed by atoms with van der Waals surface area (Å²) in [5.74, 6) is -1.49. The number of aryl methyl sites for hydroxylation is 1. The summed E-state index contributed by atoms with van der Waals surface area (Å²) < 4.78 is 0.635. The minimum atomic E-state index is -1.08. The van der Waals surface area contributed by atoms with Gasteiger partial charge >= 0.3 is 5.97 Å². The highest BCUT2D eigenvalue weighted by molar-refractivity contribution is 9.10. The van der Waals surface area contributed by atoms with Gasteiger partial charge in [-0.25, -0.2) is 4.79 Å². The van der Waals surface area contributed by atoms with Crippen molar-refractivity contribution in [3.8, 4) is 0 Å². The van der Waals surface area contributed by atoms with Crippen molar-refractivity contribution in [2.45, 2.75) is 13.0 Å². The molecule has 1 heterocycles. The van der Waals surface area contributed by atoms with Gasteiger partial charge in [0.2, 0.25) is 0 Å². The number of hydrogen-bond acceptors (Lipinski definition) is 3. The molecule has 0 aliphatic heterocycles. The van der Waals surface area contributed by atoms with E-state index in [1.54, 1.807) is 29.6 Å². The quantitative estimate of drug-likeness (QED) is 0.885. The first-order valence-corrected chi connectivity index (χ1v) is 7.49. The first-order chi connectivity index (χ1) is 9.49. The molecular formula is C14H12BrNO3S. The standard InChI is InChI=1S/C14H12BrNO3S/c1-8-4-5-10(15)9(7-8)13(17)16-12(14(18)19)11-3-2-6-20-11/h2-7,12H,1H3,(H,16,17)(H,18,19). The third-order valence-corrected chi connectivity index (χ3v) is 4.35. The zero-order chi connectivity index (χ0) is 14.7. The van der Waals surface area contributed by atoms with Gasteiger partial charge in [0.1, 0.15) is 0 Å². The predicted molar refractivity (Wildman–Crippen MR) is 81.0 cm³/mol. The van der Waals surface area contributed by atoms with Gasteiger partial charge < -0.3 is 10.4 Å². The Labute approximate surface area is 128 Å². The monoisotopic (exact) mass is 353 g/mol. The second-order valence-corrected chi connectivity index (χ2v) is 6.08. The molecule has 0 radical (unpaired) electrons. The highest BCUT2D eigenvalue weighted by Crippen LogP contribution is 2.22. The molecule has 0 aliphatic carbocycles. The Morgan fingerprint density at radius 3 is 2.70 bits per heavy atom. The summed E-state index contributed by atoms with van der Waals surface area (Å²) in [7, 11) is 0. The Morgan fingerprint density at radius 2 is 2.10 bits per heavy atom. The fourth-order valence-electron chi connectivity index (χ4n) is 1.73. The molecule has 0 saturated carbocycles. The van der Waals surface area contributed by atoms with Gasteiger partial charge in [-0.1, -0.05) is 17.7 Å². The summed E-state index contributed by atoms with van der Waals surface area (Å²) in [6.45, 7) is 1.87. The van der Waals surface area contributed by atoms with Crippen LogP contribution in [0.25, 0.3) is 0 Å². The van der Waals surface area contributed by atoms with Crippen molar-refractivity contribution in [1.82, 2.24) is 5.32 Å². The number of hydrogen-bond donors (Lipinski definition) is 2. The lowest BCUT2D eigenvalue weighted by molar-refractivity contribution is -0.139. The molecule has 0 aliphatic rings. The second kappa shape index (κ2) is 6.19. The maximum atomic E-state index is 12.2. The van der Waals surface area contributed by atoms with E-state index in [4.69, 9.17) is 0 Å². The summed E-state index contributed by atoms with van der Waals surface area (Å²) in [6, 6.07) is 7.77. The van der Waals surface area contributed by atoms with Crippen LogP contribution in [0.15, 0.2) is 40.2 Å². The number of carbonyl (C=O) groups excluding carboxylic acids is 1. The number of thiophene rings is 1. The molecule has 1 aromatic heterocycles. The largest absolute Gasteiger partial charge is 0.479 e. The minimum absolute atomic E-state index is 0.415. The van der Waals surface area contributed by atoms with Crippen LogP contribution in [0.1, 0.15) is 26.8 Å². The van der Waals surface area contributed by atoms with E-state index in [2.05, 4.69) is 21.2 Å². The molecule has 0 saturated heterocycles. The Hall–Kier alpha value is -1.66. The van der Waals surface area contributed by atoms with Gasteiger partial charge in [0.05, 0.1) is 5.56 Å². The van der Waals surface area contributed by atoms with E-state index in [9.17, 15) is 14.7 Å². The number of carbonyl (C=O) groups is 2. The van der Waals surface area contributed by atoms with E-state index < -0.39 is 17.9 Å². The van der Waals surface area contributed by atoms with Gasteiger partial charge in [0.15, 0.2) is 6.04 Å². The molecule has 1 unspecified atom stereocenters. The fraction of sp³-hybridized carbons (Fsp3) is 0.143. The first-order valence-electron chi connectivity index (χ1n) is 5.82. The molecule has 4 nitrogen and oxygen atoms in total. The smallest absolute Gasteiger partial charge is 0.331 e. The van der Waals surface area contributed by atoms with Crippen LogP contribution in [-0.2, 0) is 4.79 Å². The number of amides is 1. The fourth-order valence-corrected chi connectivity index (χ4v) is 2.93. The SMILES string of the molecule is Cc1ccc(Br)c(C(=O)NC(C(=O)O)c2cccs2)c1. The summed E-state index contributed by atoms with van der Waals surface area (Å²) in [5.41, 5.74) is 1.36. The molecule has 0 spiro atoms. The van der Waals surface area contributed by atoms with Crippen molar-refractivity contribution >= 4 is 39.1 Å². The first kappa shape index (κ1) is 14.7. The Morgan fingerprint density at radius 1 is 1.35 bits per heavy atom. The molecule has 1 aromatic carbocycles. The maximum Gasteiger partial charge on any atom is 0.331 e. The van der Waals surface area contributed by atoms with E-state index >= 15 is 0 Å². The van der Waals surface area contributed by atoms with Crippen LogP contribution in [-0.4, -0.2) is 17.0 Å². The normalized spacial score (nSPS) is 11.9. The van der Waals surface area contributed by atoms with E-state index in [0.717, 1.165) is 5.56 Å². The summed E-state index contributed by atoms with van der Waals surface area (Å²) in [4.78, 5) is 24.1. The minimum Gasteiger partial charge on any atom is -0.479 e. The molecule has 1 amide bonds. The van der Waals surface area contributed by atoms with Crippen LogP contribution >= 0.6 is 27.3 Å². The molecule has 2 aromatic rings. The molecule has 0 bridgehead atoms. The third-order valence-electron chi connectivity index (χ3n) is 2.72. The molecular weight excluding hydrogens is 342 g/mol. The molecule has 1 atom stereocenters. The van der Waals surface area contributed by atoms with Gasteiger partial charge in [-0.2, -0.15) is 0 Å². The lowest BCUT2D eigenvalue weighted by atomic mass is 10.1. The molecule has 0 fully saturated rings. The Kier molecular flexibility index (Phi) is 4.57. The zero-order valence-corrected chi connectivity index (χ0v) is 13.0. The Bertz CT molecular complexity index is 640. The van der Waals surface area contributed by atoms with Gasteiger partial charge in [-0.05, 0) is 46.4 Å². The number of rotatable bonds is 4. The van der Waals surface area contributed by atoms with E-state index in [-0.39, 0.29) is 0 Å². The second-order valence-electron chi connectivity index (χ2n) is 4.24. The topological polar surface area (TPSA) is 66.4 Å². The van der Waals surface area contributed by atoms with Gasteiger partial charge in [-0.3, -0.25) is 4.79 Å². The lowest BCUT2D eigenvalue weighted by Crippen LogP contribution is -2.33. The van der Waals surface area contributed by atoms with E-state index in [1.165, 1.54) is 11.3 Å². The van der Waals surface area contributed by atoms with Crippen LogP contribution in [0.3, 0.4) is 0 Å². The van der Waals surface area contributed by atoms with Crippen molar-refractivity contribution in [3.63, 3.8) is 0 Å². The average molecular weight is 354 g/mol. The van der Waals surface area contributed by atoms with Gasteiger partial charge in [-0.15, -0.1) is 11.3 Å². The summed E-state index contributed by atoms with van der Waals surface area (Å²) in [5, 5.41) is 13.6. The maximum absolute atomic E-state index is 12.2. The molecule has 6 heteroatoms. The van der Waals surface area contributed by atoms with Gasteiger partial charge in [0, 0.05) is 9.35 Å². The predicted octanol–water partition coefficient (Wildman–Crippen LogP) is 3.37. The highest BCUT2D eigenvalue weighted by atomic mass is 79.9. The van der Waals surface area contributed by atoms with E-state index in [0.29, 0.717) is 14.9 Å². The highest BCUT2D eigenvalue weighted by Gasteiger charge is 2.24. The van der Waals surface area contributed by atoms with Crippen LogP contribution in [0.2, 0.25) is 0 Å². The van der Waals surface area contributed by atoms with Crippen molar-refractivity contribution in [1.29, 1.82) is 0 Å². The van der Waals surface area contributed by atoms with Gasteiger partial charge in [0.25, 0.3) is 5.91 Å². The van der Waals surface area contributed by atoms with Crippen LogP contribution in [0, 0.1) is 6.92 Å². The van der Waals surface area contributed by atoms with Crippen molar-refractivity contribution in [3.05, 3.63) is 56.2 Å². The third kappa shape index (κ3) is 3.26. The number of carboxylic acid groups (broad SMARTS) is 1. The van der Waals surface area contributed by atoms with Crippen molar-refractivity contribution < 1.29 is 14.7 Å². The molecule has 2 rings (SSSR count). The number of nitrogens with one attached hydrogen (secondary N) is 1. The Balaban J connectivity index is 2.25. The van der Waals surface area contributed by atoms with Crippen LogP contribution in [0.5, 0.6) is 0 Å². The number of carboxylic acids is 1. The van der Waals surface area contributed by atoms with Crippen LogP contribution in [0.4, 0.5) is 0 Å². The van der Waals surface area contributed by atoms with Crippen LogP contribution < -0.4 is 5.32 Å². The van der Waals surface area contributed by atoms with E-state index in [1.807, 2.05) is 13.0 Å². The summed E-state index contributed by atoms with van der Waals surface area (Å²) >= 11 is 4.60. The molecule has 104 valence electrons.